The lowest BCUT2D eigenvalue weighted by Gasteiger charge is -1.88. The number of nitro groups is 1. The predicted octanol–water partition coefficient (Wildman–Crippen LogP) is 4.53. The molecule has 0 bridgehead atoms. The number of rotatable bonds is 1. The molecule has 0 fully saturated rings. The van der Waals surface area contributed by atoms with Gasteiger partial charge in [0, 0.05) is 10.3 Å². The molecule has 1 rings (SSSR count). The zero-order chi connectivity index (χ0) is 13.4. The summed E-state index contributed by atoms with van der Waals surface area (Å²) in [5, 5.41) is 9.76. The van der Waals surface area contributed by atoms with E-state index in [1.165, 1.54) is 5.56 Å². The molecule has 0 aliphatic rings. The Bertz CT molecular complexity index is 224. The first-order chi connectivity index (χ1) is 7.66. The fourth-order valence-corrected chi connectivity index (χ4v) is 0.941. The summed E-state index contributed by atoms with van der Waals surface area (Å²) in [6, 6.07) is 10.3. The van der Waals surface area contributed by atoms with E-state index in [9.17, 15) is 0 Å². The average molecular weight is 292 g/mol. The number of hydrogen-bond acceptors (Lipinski definition) is 2. The van der Waals surface area contributed by atoms with Gasteiger partial charge in [0.05, 0.1) is 0 Å². The van der Waals surface area contributed by atoms with Crippen molar-refractivity contribution in [2.75, 3.05) is 7.05 Å². The lowest BCUT2D eigenvalue weighted by Crippen LogP contribution is -1.79. The third kappa shape index (κ3) is 23.2. The summed E-state index contributed by atoms with van der Waals surface area (Å²) in [6.45, 7) is 8.00. The van der Waals surface area contributed by atoms with E-state index in [4.69, 9.17) is 10.1 Å². The Labute approximate surface area is 107 Å². The third-order valence-electron chi connectivity index (χ3n) is 0.997. The van der Waals surface area contributed by atoms with Crippen LogP contribution in [0.5, 0.6) is 0 Å². The Hall–Kier alpha value is -0.900. The number of benzene rings is 1. The van der Waals surface area contributed by atoms with Gasteiger partial charge in [-0.15, -0.1) is 0 Å². The zero-order valence-electron chi connectivity index (χ0n) is 10.7. The van der Waals surface area contributed by atoms with Gasteiger partial charge in [-0.05, 0) is 5.56 Å². The fraction of sp³-hybridized carbons (Fsp3) is 0.500. The van der Waals surface area contributed by atoms with Crippen molar-refractivity contribution in [1.29, 1.82) is 0 Å². The molecule has 3 nitrogen and oxygen atoms in total. The molecule has 0 spiro atoms. The molecule has 0 N–H and O–H groups in total. The molecule has 16 heavy (non-hydrogen) atoms. The molecular weight excluding hydrogens is 270 g/mol. The van der Waals surface area contributed by atoms with Crippen LogP contribution in [0, 0.1) is 10.1 Å². The first kappa shape index (κ1) is 20.5. The van der Waals surface area contributed by atoms with Gasteiger partial charge in [0.1, 0.15) is 0 Å². The van der Waals surface area contributed by atoms with Gasteiger partial charge in [0.25, 0.3) is 0 Å². The van der Waals surface area contributed by atoms with Gasteiger partial charge >= 0.3 is 0 Å². The van der Waals surface area contributed by atoms with Crippen molar-refractivity contribution in [3.63, 3.8) is 0 Å². The lowest BCUT2D eigenvalue weighted by atomic mass is 10.2. The average Bonchev–Trinajstić information content (AvgIpc) is 2.34. The summed E-state index contributed by atoms with van der Waals surface area (Å²) in [6.07, 6.45) is 0. The van der Waals surface area contributed by atoms with Crippen LogP contribution in [0.25, 0.3) is 0 Å². The van der Waals surface area contributed by atoms with Gasteiger partial charge in [-0.3, -0.25) is 10.1 Å². The van der Waals surface area contributed by atoms with Crippen LogP contribution in [-0.4, -0.2) is 12.0 Å². The molecular formula is C12H22BrNO2. The highest BCUT2D eigenvalue weighted by Gasteiger charge is 1.81. The molecule has 94 valence electrons. The highest BCUT2D eigenvalue weighted by Crippen LogP contribution is 2.02. The van der Waals surface area contributed by atoms with Gasteiger partial charge in [-0.2, -0.15) is 0 Å². The van der Waals surface area contributed by atoms with Crippen LogP contribution >= 0.6 is 15.9 Å². The van der Waals surface area contributed by atoms with Crippen LogP contribution in [0.2, 0.25) is 0 Å². The van der Waals surface area contributed by atoms with E-state index in [1.807, 2.05) is 45.9 Å². The first-order valence-corrected chi connectivity index (χ1v) is 6.47. The molecule has 1 aromatic rings. The molecule has 0 aromatic heterocycles. The monoisotopic (exact) mass is 291 g/mol. The minimum atomic E-state index is -0.500. The van der Waals surface area contributed by atoms with Crippen LogP contribution in [0.4, 0.5) is 0 Å². The second-order valence-electron chi connectivity index (χ2n) is 2.06. The first-order valence-electron chi connectivity index (χ1n) is 5.34. The van der Waals surface area contributed by atoms with E-state index >= 15 is 0 Å². The fourth-order valence-electron chi connectivity index (χ4n) is 0.567. The Morgan fingerprint density at radius 3 is 1.62 bits per heavy atom. The van der Waals surface area contributed by atoms with E-state index in [1.54, 1.807) is 0 Å². The second-order valence-corrected chi connectivity index (χ2v) is 2.62. The van der Waals surface area contributed by atoms with Gasteiger partial charge in [0.15, 0.2) is 7.05 Å². The van der Waals surface area contributed by atoms with Crippen LogP contribution in [0.15, 0.2) is 30.3 Å². The van der Waals surface area contributed by atoms with Gasteiger partial charge in [-0.25, -0.2) is 0 Å². The van der Waals surface area contributed by atoms with Gasteiger partial charge in [-0.1, -0.05) is 74.0 Å². The molecule has 0 radical (unpaired) electrons. The SMILES string of the molecule is BrCc1ccccc1.CC.CC.C[N+](=O)[O-]. The molecule has 0 heterocycles. The third-order valence-corrected chi connectivity index (χ3v) is 1.64. The summed E-state index contributed by atoms with van der Waals surface area (Å²) in [4.78, 5) is 8.31. The van der Waals surface area contributed by atoms with E-state index in [-0.39, 0.29) is 0 Å². The standard InChI is InChI=1S/C7H7Br.2C2H6.CH3NO2/c8-6-7-4-2-1-3-5-7;2*1-2;1-2(3)4/h1-5H,6H2;2*1-2H3;1H3. The van der Waals surface area contributed by atoms with Crippen LogP contribution in [0.3, 0.4) is 0 Å². The Morgan fingerprint density at radius 1 is 1.12 bits per heavy atom. The maximum atomic E-state index is 8.81. The van der Waals surface area contributed by atoms with Crippen molar-refractivity contribution in [3.05, 3.63) is 46.0 Å². The molecule has 0 atom stereocenters. The maximum Gasteiger partial charge on any atom is 0.194 e. The largest absolute Gasteiger partial charge is 0.265 e. The Balaban J connectivity index is -0.000000181. The van der Waals surface area contributed by atoms with Gasteiger partial charge in [0.2, 0.25) is 0 Å². The molecule has 1 aromatic carbocycles. The summed E-state index contributed by atoms with van der Waals surface area (Å²) in [5.74, 6) is 0. The van der Waals surface area contributed by atoms with E-state index in [0.717, 1.165) is 12.4 Å². The van der Waals surface area contributed by atoms with Crippen molar-refractivity contribution in [2.24, 2.45) is 0 Å². The Morgan fingerprint density at radius 2 is 1.44 bits per heavy atom. The summed E-state index contributed by atoms with van der Waals surface area (Å²) < 4.78 is 0. The quantitative estimate of drug-likeness (QED) is 0.433. The maximum absolute atomic E-state index is 8.81. The minimum absolute atomic E-state index is 0.500. The predicted molar refractivity (Wildman–Crippen MR) is 74.7 cm³/mol. The van der Waals surface area contributed by atoms with Crippen molar-refractivity contribution in [2.45, 2.75) is 33.0 Å². The Kier molecular flexibility index (Phi) is 25.2. The molecule has 0 aliphatic heterocycles. The van der Waals surface area contributed by atoms with E-state index in [2.05, 4.69) is 28.1 Å². The van der Waals surface area contributed by atoms with Crippen LogP contribution in [-0.2, 0) is 5.33 Å². The molecule has 0 amide bonds. The highest BCUT2D eigenvalue weighted by molar-refractivity contribution is 9.08. The van der Waals surface area contributed by atoms with E-state index < -0.39 is 4.92 Å². The molecule has 4 heteroatoms. The molecule has 0 saturated heterocycles. The topological polar surface area (TPSA) is 43.1 Å². The molecule has 0 saturated carbocycles. The number of halogens is 1. The number of hydrogen-bond donors (Lipinski definition) is 0. The number of alkyl halides is 1. The van der Waals surface area contributed by atoms with Crippen molar-refractivity contribution < 1.29 is 4.92 Å². The van der Waals surface area contributed by atoms with Crippen LogP contribution < -0.4 is 0 Å². The smallest absolute Gasteiger partial charge is 0.194 e. The minimum Gasteiger partial charge on any atom is -0.265 e. The summed E-state index contributed by atoms with van der Waals surface area (Å²) >= 11 is 3.36. The van der Waals surface area contributed by atoms with Crippen molar-refractivity contribution in [1.82, 2.24) is 0 Å². The molecule has 0 unspecified atom stereocenters. The number of nitrogens with zero attached hydrogens (tertiary/aromatic N) is 1. The normalized spacial score (nSPS) is 6.88. The zero-order valence-corrected chi connectivity index (χ0v) is 12.3. The van der Waals surface area contributed by atoms with Crippen molar-refractivity contribution in [3.8, 4) is 0 Å². The van der Waals surface area contributed by atoms with Gasteiger partial charge < -0.3 is 0 Å². The van der Waals surface area contributed by atoms with Crippen molar-refractivity contribution >= 4 is 15.9 Å². The second kappa shape index (κ2) is 19.6. The molecule has 0 aliphatic carbocycles. The lowest BCUT2D eigenvalue weighted by molar-refractivity contribution is -0.445. The van der Waals surface area contributed by atoms with Crippen LogP contribution in [0.1, 0.15) is 33.3 Å². The highest BCUT2D eigenvalue weighted by atomic mass is 79.9. The van der Waals surface area contributed by atoms with E-state index in [0.29, 0.717) is 0 Å². The summed E-state index contributed by atoms with van der Waals surface area (Å²) in [7, 11) is 0.889. The summed E-state index contributed by atoms with van der Waals surface area (Å²) in [5.41, 5.74) is 1.33.